The van der Waals surface area contributed by atoms with Crippen LogP contribution in [-0.4, -0.2) is 23.1 Å². The summed E-state index contributed by atoms with van der Waals surface area (Å²) in [5.41, 5.74) is 6.12. The molecule has 3 aromatic carbocycles. The number of aryl methyl sites for hydroxylation is 2. The van der Waals surface area contributed by atoms with E-state index in [1.54, 1.807) is 12.1 Å². The van der Waals surface area contributed by atoms with Crippen molar-refractivity contribution in [3.8, 4) is 5.75 Å². The average Bonchev–Trinajstić information content (AvgIpc) is 3.17. The molecule has 168 valence electrons. The van der Waals surface area contributed by atoms with Crippen LogP contribution < -0.4 is 15.4 Å². The lowest BCUT2D eigenvalue weighted by molar-refractivity contribution is 0.0977. The van der Waals surface area contributed by atoms with E-state index in [9.17, 15) is 4.79 Å². The van der Waals surface area contributed by atoms with E-state index in [1.165, 1.54) is 13.2 Å². The maximum absolute atomic E-state index is 12.4. The number of carbonyl (C=O) groups excluding carboxylic acids is 1. The zero-order valence-electron chi connectivity index (χ0n) is 18.4. The highest BCUT2D eigenvalue weighted by atomic mass is 35.5. The summed E-state index contributed by atoms with van der Waals surface area (Å²) in [6, 6.07) is 16.6. The largest absolute Gasteiger partial charge is 0.495 e. The van der Waals surface area contributed by atoms with Crippen molar-refractivity contribution in [3.05, 3.63) is 87.8 Å². The summed E-state index contributed by atoms with van der Waals surface area (Å²) >= 11 is 11.4. The van der Waals surface area contributed by atoms with Crippen molar-refractivity contribution in [1.29, 1.82) is 0 Å². The van der Waals surface area contributed by atoms with Gasteiger partial charge in [0.1, 0.15) is 11.3 Å². The minimum atomic E-state index is -0.366. The van der Waals surface area contributed by atoms with Crippen molar-refractivity contribution >= 4 is 51.6 Å². The monoisotopic (exact) mass is 479 g/mol. The highest BCUT2D eigenvalue weighted by Gasteiger charge is 2.12. The Labute approximate surface area is 201 Å². The summed E-state index contributed by atoms with van der Waals surface area (Å²) < 4.78 is 11.0. The number of nitrogens with one attached hydrogen (secondary N) is 2. The summed E-state index contributed by atoms with van der Waals surface area (Å²) in [7, 11) is 1.51. The van der Waals surface area contributed by atoms with Crippen LogP contribution in [0.15, 0.2) is 59.0 Å². The first kappa shape index (κ1) is 22.8. The molecule has 1 heterocycles. The molecule has 0 aliphatic heterocycles. The fourth-order valence-electron chi connectivity index (χ4n) is 3.52. The number of hydrogen-bond donors (Lipinski definition) is 2. The van der Waals surface area contributed by atoms with Crippen molar-refractivity contribution in [3.63, 3.8) is 0 Å². The molecule has 4 aromatic rings. The van der Waals surface area contributed by atoms with Crippen molar-refractivity contribution < 1.29 is 13.9 Å². The topological polar surface area (TPSA) is 76.4 Å². The maximum atomic E-state index is 12.4. The third-order valence-corrected chi connectivity index (χ3v) is 5.57. The van der Waals surface area contributed by atoms with E-state index < -0.39 is 0 Å². The Kier molecular flexibility index (Phi) is 6.62. The first-order valence-corrected chi connectivity index (χ1v) is 11.0. The zero-order valence-corrected chi connectivity index (χ0v) is 19.9. The molecule has 0 aliphatic carbocycles. The molecule has 0 spiro atoms. The van der Waals surface area contributed by atoms with Crippen LogP contribution in [0.25, 0.3) is 11.1 Å². The van der Waals surface area contributed by atoms with Crippen LogP contribution in [0, 0.1) is 13.8 Å². The van der Waals surface area contributed by atoms with Gasteiger partial charge in [0.15, 0.2) is 16.6 Å². The van der Waals surface area contributed by atoms with Gasteiger partial charge in [-0.1, -0.05) is 29.8 Å². The number of anilines is 1. The lowest BCUT2D eigenvalue weighted by Crippen LogP contribution is -2.34. The molecule has 2 N–H and O–H groups in total. The molecule has 1 amide bonds. The van der Waals surface area contributed by atoms with E-state index in [0.717, 1.165) is 33.5 Å². The Hall–Kier alpha value is -3.42. The van der Waals surface area contributed by atoms with Gasteiger partial charge in [-0.2, -0.15) is 0 Å². The molecule has 0 aliphatic rings. The first-order chi connectivity index (χ1) is 15.8. The van der Waals surface area contributed by atoms with Crippen LogP contribution in [0.2, 0.25) is 5.02 Å². The number of carbonyl (C=O) groups is 1. The number of hydrogen-bond acceptors (Lipinski definition) is 5. The van der Waals surface area contributed by atoms with Gasteiger partial charge in [-0.15, -0.1) is 0 Å². The SMILES string of the molecule is COc1ccc(C(=O)NC(=S)Nc2ccc(Cc3nc4cc(C)cc(C)c4o3)cc2)cc1Cl. The molecule has 6 nitrogen and oxygen atoms in total. The van der Waals surface area contributed by atoms with Crippen molar-refractivity contribution in [2.24, 2.45) is 0 Å². The lowest BCUT2D eigenvalue weighted by atomic mass is 10.1. The Morgan fingerprint density at radius 1 is 1.12 bits per heavy atom. The van der Waals surface area contributed by atoms with E-state index in [0.29, 0.717) is 28.6 Å². The third-order valence-electron chi connectivity index (χ3n) is 5.07. The highest BCUT2D eigenvalue weighted by Crippen LogP contribution is 2.25. The number of thiocarbonyl (C=S) groups is 1. The highest BCUT2D eigenvalue weighted by molar-refractivity contribution is 7.80. The molecule has 0 fully saturated rings. The van der Waals surface area contributed by atoms with Gasteiger partial charge in [-0.3, -0.25) is 10.1 Å². The molecule has 33 heavy (non-hydrogen) atoms. The molecule has 0 saturated heterocycles. The van der Waals surface area contributed by atoms with Gasteiger partial charge >= 0.3 is 0 Å². The fourth-order valence-corrected chi connectivity index (χ4v) is 3.99. The number of aromatic nitrogens is 1. The summed E-state index contributed by atoms with van der Waals surface area (Å²) in [5, 5.41) is 6.19. The van der Waals surface area contributed by atoms with Crippen LogP contribution in [0.5, 0.6) is 5.75 Å². The van der Waals surface area contributed by atoms with E-state index in [1.807, 2.05) is 44.2 Å². The second-order valence-corrected chi connectivity index (χ2v) is 8.48. The Balaban J connectivity index is 1.37. The molecule has 8 heteroatoms. The van der Waals surface area contributed by atoms with Crippen LogP contribution in [0.4, 0.5) is 5.69 Å². The van der Waals surface area contributed by atoms with Crippen molar-refractivity contribution in [2.75, 3.05) is 12.4 Å². The minimum Gasteiger partial charge on any atom is -0.495 e. The van der Waals surface area contributed by atoms with Gasteiger partial charge in [0.25, 0.3) is 5.91 Å². The first-order valence-electron chi connectivity index (χ1n) is 10.2. The van der Waals surface area contributed by atoms with Crippen LogP contribution >= 0.6 is 23.8 Å². The Bertz CT molecular complexity index is 1350. The predicted molar refractivity (Wildman–Crippen MR) is 134 cm³/mol. The second kappa shape index (κ2) is 9.60. The lowest BCUT2D eigenvalue weighted by Gasteiger charge is -2.11. The minimum absolute atomic E-state index is 0.185. The number of methoxy groups -OCH3 is 1. The molecule has 4 rings (SSSR count). The maximum Gasteiger partial charge on any atom is 0.257 e. The van der Waals surface area contributed by atoms with Crippen molar-refractivity contribution in [1.82, 2.24) is 10.3 Å². The van der Waals surface area contributed by atoms with Gasteiger partial charge in [0.05, 0.1) is 12.1 Å². The fraction of sp³-hybridized carbons (Fsp3) is 0.160. The van der Waals surface area contributed by atoms with E-state index in [-0.39, 0.29) is 11.0 Å². The van der Waals surface area contributed by atoms with Gasteiger partial charge < -0.3 is 14.5 Å². The number of amides is 1. The van der Waals surface area contributed by atoms with Gasteiger partial charge in [-0.05, 0) is 79.2 Å². The summed E-state index contributed by atoms with van der Waals surface area (Å²) in [4.78, 5) is 17.0. The average molecular weight is 480 g/mol. The van der Waals surface area contributed by atoms with Crippen LogP contribution in [-0.2, 0) is 6.42 Å². The molecule has 0 radical (unpaired) electrons. The van der Waals surface area contributed by atoms with Crippen LogP contribution in [0.1, 0.15) is 32.9 Å². The van der Waals surface area contributed by atoms with E-state index >= 15 is 0 Å². The number of ether oxygens (including phenoxy) is 1. The Morgan fingerprint density at radius 3 is 2.58 bits per heavy atom. The molecular weight excluding hydrogens is 458 g/mol. The predicted octanol–water partition coefficient (Wildman–Crippen LogP) is 5.82. The molecule has 1 aromatic heterocycles. The van der Waals surface area contributed by atoms with E-state index in [4.69, 9.17) is 33.0 Å². The van der Waals surface area contributed by atoms with Crippen LogP contribution in [0.3, 0.4) is 0 Å². The smallest absolute Gasteiger partial charge is 0.257 e. The summed E-state index contributed by atoms with van der Waals surface area (Å²) in [5.74, 6) is 0.799. The molecular formula is C25H22ClN3O3S. The third kappa shape index (κ3) is 5.32. The van der Waals surface area contributed by atoms with Gasteiger partial charge in [-0.25, -0.2) is 4.98 Å². The molecule has 0 atom stereocenters. The second-order valence-electron chi connectivity index (χ2n) is 7.67. The van der Waals surface area contributed by atoms with Crippen molar-refractivity contribution in [2.45, 2.75) is 20.3 Å². The zero-order chi connectivity index (χ0) is 23.5. The number of benzene rings is 3. The number of halogens is 1. The van der Waals surface area contributed by atoms with Gasteiger partial charge in [0, 0.05) is 17.7 Å². The number of nitrogens with zero attached hydrogens (tertiary/aromatic N) is 1. The summed E-state index contributed by atoms with van der Waals surface area (Å²) in [6.07, 6.45) is 0.576. The normalized spacial score (nSPS) is 10.8. The molecule has 0 unspecified atom stereocenters. The quantitative estimate of drug-likeness (QED) is 0.351. The van der Waals surface area contributed by atoms with E-state index in [2.05, 4.69) is 21.7 Å². The molecule has 0 saturated carbocycles. The Morgan fingerprint density at radius 2 is 1.88 bits per heavy atom. The van der Waals surface area contributed by atoms with Gasteiger partial charge in [0.2, 0.25) is 0 Å². The molecule has 0 bridgehead atoms. The number of oxazole rings is 1. The number of fused-ring (bicyclic) bond motifs is 1. The standard InChI is InChI=1S/C25H22ClN3O3S/c1-14-10-15(2)23-20(11-14)28-22(32-23)12-16-4-7-18(8-5-16)27-25(33)29-24(30)17-6-9-21(31-3)19(26)13-17/h4-11,13H,12H2,1-3H3,(H2,27,29,30,33). The summed E-state index contributed by atoms with van der Waals surface area (Å²) in [6.45, 7) is 4.07. The number of rotatable bonds is 5.